The minimum absolute atomic E-state index is 0.00477. The highest BCUT2D eigenvalue weighted by atomic mass is 32.2. The van der Waals surface area contributed by atoms with Crippen molar-refractivity contribution in [2.24, 2.45) is 5.92 Å². The first-order valence-corrected chi connectivity index (χ1v) is 12.4. The van der Waals surface area contributed by atoms with Crippen LogP contribution in [-0.4, -0.2) is 44.1 Å². The van der Waals surface area contributed by atoms with Crippen LogP contribution in [0.25, 0.3) is 11.1 Å². The molecule has 2 aliphatic rings. The Morgan fingerprint density at radius 2 is 1.81 bits per heavy atom. The predicted octanol–water partition coefficient (Wildman–Crippen LogP) is 3.49. The zero-order valence-electron chi connectivity index (χ0n) is 17.4. The highest BCUT2D eigenvalue weighted by Gasteiger charge is 2.41. The fourth-order valence-electron chi connectivity index (χ4n) is 4.53. The Kier molecular flexibility index (Phi) is 6.12. The van der Waals surface area contributed by atoms with Gasteiger partial charge in [-0.05, 0) is 66.6 Å². The van der Waals surface area contributed by atoms with Gasteiger partial charge in [0.2, 0.25) is 15.9 Å². The average molecular weight is 449 g/mol. The molecule has 0 bridgehead atoms. The van der Waals surface area contributed by atoms with Crippen molar-refractivity contribution in [1.82, 2.24) is 9.62 Å². The largest absolute Gasteiger partial charge is 0.337 e. The van der Waals surface area contributed by atoms with Crippen LogP contribution in [0.5, 0.6) is 0 Å². The third kappa shape index (κ3) is 5.13. The Hall–Kier alpha value is -2.32. The monoisotopic (exact) mass is 448 g/mol. The highest BCUT2D eigenvalue weighted by molar-refractivity contribution is 7.88. The number of nitrogens with one attached hydrogen (secondary N) is 1. The Morgan fingerprint density at radius 1 is 1.06 bits per heavy atom. The zero-order chi connectivity index (χ0) is 22.2. The first-order valence-electron chi connectivity index (χ1n) is 10.5. The maximum atomic E-state index is 14.4. The fourth-order valence-corrected chi connectivity index (χ4v) is 5.35. The van der Waals surface area contributed by atoms with Gasteiger partial charge in [0.15, 0.2) is 0 Å². The summed E-state index contributed by atoms with van der Waals surface area (Å²) in [5.74, 6) is -0.821. The summed E-state index contributed by atoms with van der Waals surface area (Å²) in [6.07, 6.45) is 4.67. The number of benzene rings is 2. The van der Waals surface area contributed by atoms with Crippen molar-refractivity contribution in [2.75, 3.05) is 12.8 Å². The van der Waals surface area contributed by atoms with Crippen LogP contribution in [-0.2, 0) is 21.2 Å². The van der Waals surface area contributed by atoms with Crippen molar-refractivity contribution >= 4 is 15.9 Å². The van der Waals surface area contributed by atoms with Crippen molar-refractivity contribution in [3.8, 4) is 11.1 Å². The van der Waals surface area contributed by atoms with E-state index in [0.29, 0.717) is 36.1 Å². The molecule has 166 valence electrons. The Morgan fingerprint density at radius 3 is 2.45 bits per heavy atom. The van der Waals surface area contributed by atoms with Crippen LogP contribution in [0.15, 0.2) is 42.5 Å². The Bertz CT molecular complexity index is 1090. The van der Waals surface area contributed by atoms with E-state index in [1.165, 1.54) is 24.3 Å². The topological polar surface area (TPSA) is 66.5 Å². The minimum Gasteiger partial charge on any atom is -0.337 e. The number of rotatable bonds is 6. The van der Waals surface area contributed by atoms with Crippen LogP contribution in [0.1, 0.15) is 31.2 Å². The van der Waals surface area contributed by atoms with Crippen molar-refractivity contribution in [3.05, 3.63) is 59.7 Å². The maximum Gasteiger partial charge on any atom is 0.225 e. The molecule has 31 heavy (non-hydrogen) atoms. The van der Waals surface area contributed by atoms with E-state index in [4.69, 9.17) is 0 Å². The molecule has 4 rings (SSSR count). The molecule has 1 saturated heterocycles. The smallest absolute Gasteiger partial charge is 0.225 e. The van der Waals surface area contributed by atoms with Crippen molar-refractivity contribution in [3.63, 3.8) is 0 Å². The first kappa shape index (κ1) is 21.9. The van der Waals surface area contributed by atoms with Gasteiger partial charge in [-0.3, -0.25) is 4.79 Å². The number of hydrogen-bond acceptors (Lipinski definition) is 3. The van der Waals surface area contributed by atoms with Gasteiger partial charge in [0.05, 0.1) is 12.3 Å². The first-order chi connectivity index (χ1) is 14.7. The molecule has 1 aliphatic carbocycles. The lowest BCUT2D eigenvalue weighted by molar-refractivity contribution is -0.139. The molecule has 0 spiro atoms. The molecule has 0 unspecified atom stereocenters. The maximum absolute atomic E-state index is 14.4. The second-order valence-electron chi connectivity index (χ2n) is 8.57. The molecule has 1 saturated carbocycles. The van der Waals surface area contributed by atoms with E-state index in [-0.39, 0.29) is 11.8 Å². The molecule has 1 heterocycles. The Balaban J connectivity index is 1.63. The molecule has 2 aromatic rings. The van der Waals surface area contributed by atoms with Gasteiger partial charge in [-0.1, -0.05) is 24.6 Å². The summed E-state index contributed by atoms with van der Waals surface area (Å²) in [4.78, 5) is 14.7. The second kappa shape index (κ2) is 8.67. The van der Waals surface area contributed by atoms with Gasteiger partial charge in [0, 0.05) is 18.5 Å². The number of carbonyl (C=O) groups excluding carboxylic acids is 1. The lowest BCUT2D eigenvalue weighted by Gasteiger charge is -2.34. The summed E-state index contributed by atoms with van der Waals surface area (Å²) >= 11 is 0. The lowest BCUT2D eigenvalue weighted by Crippen LogP contribution is -2.49. The molecule has 8 heteroatoms. The second-order valence-corrected chi connectivity index (χ2v) is 10.4. The molecule has 1 N–H and O–H groups in total. The molecule has 5 nitrogen and oxygen atoms in total. The zero-order valence-corrected chi connectivity index (χ0v) is 18.2. The van der Waals surface area contributed by atoms with E-state index in [9.17, 15) is 22.0 Å². The molecular formula is C23H26F2N2O3S. The summed E-state index contributed by atoms with van der Waals surface area (Å²) in [6, 6.07) is 9.63. The van der Waals surface area contributed by atoms with Crippen LogP contribution in [0.2, 0.25) is 0 Å². The van der Waals surface area contributed by atoms with E-state index < -0.39 is 33.7 Å². The van der Waals surface area contributed by atoms with Crippen molar-refractivity contribution < 1.29 is 22.0 Å². The number of hydrogen-bond donors (Lipinski definition) is 1. The van der Waals surface area contributed by atoms with Gasteiger partial charge in [0.1, 0.15) is 11.6 Å². The van der Waals surface area contributed by atoms with Crippen molar-refractivity contribution in [1.29, 1.82) is 0 Å². The molecule has 0 aromatic heterocycles. The van der Waals surface area contributed by atoms with Gasteiger partial charge >= 0.3 is 0 Å². The molecule has 1 amide bonds. The molecule has 1 aliphatic heterocycles. The molecule has 2 aromatic carbocycles. The third-order valence-electron chi connectivity index (χ3n) is 6.21. The van der Waals surface area contributed by atoms with Gasteiger partial charge in [-0.15, -0.1) is 0 Å². The van der Waals surface area contributed by atoms with Crippen LogP contribution in [0.3, 0.4) is 0 Å². The number of amides is 1. The molecule has 2 atom stereocenters. The SMILES string of the molecule is CS(=O)(=O)N[C@H]1CCN(C(=O)C2CCC2)[C@H]1Cc1cc(F)cc(-c2cccc(F)c2)c1. The van der Waals surface area contributed by atoms with E-state index in [0.717, 1.165) is 25.5 Å². The minimum atomic E-state index is -3.46. The van der Waals surface area contributed by atoms with Crippen LogP contribution < -0.4 is 4.72 Å². The predicted molar refractivity (Wildman–Crippen MR) is 115 cm³/mol. The quantitative estimate of drug-likeness (QED) is 0.736. The summed E-state index contributed by atoms with van der Waals surface area (Å²) in [6.45, 7) is 0.471. The number of likely N-dealkylation sites (tertiary alicyclic amines) is 1. The summed E-state index contributed by atoms with van der Waals surface area (Å²) < 4.78 is 54.5. The number of carbonyl (C=O) groups is 1. The van der Waals surface area contributed by atoms with Crippen LogP contribution in [0, 0.1) is 17.6 Å². The summed E-state index contributed by atoms with van der Waals surface area (Å²) in [5, 5.41) is 0. The molecule has 0 radical (unpaired) electrons. The number of nitrogens with zero attached hydrogens (tertiary/aromatic N) is 1. The fraction of sp³-hybridized carbons (Fsp3) is 0.435. The number of halogens is 2. The van der Waals surface area contributed by atoms with Gasteiger partial charge in [0.25, 0.3) is 0 Å². The van der Waals surface area contributed by atoms with Crippen molar-refractivity contribution in [2.45, 2.75) is 44.2 Å². The average Bonchev–Trinajstić information content (AvgIpc) is 3.00. The Labute approximate surface area is 181 Å². The number of sulfonamides is 1. The van der Waals surface area contributed by atoms with Crippen LogP contribution >= 0.6 is 0 Å². The highest BCUT2D eigenvalue weighted by Crippen LogP contribution is 2.33. The van der Waals surface area contributed by atoms with E-state index >= 15 is 0 Å². The normalized spacial score (nSPS) is 21.8. The standard InChI is InChI=1S/C23H26F2N2O3S/c1-31(29,30)26-21-8-9-27(23(28)16-4-2-5-16)22(21)12-15-10-18(14-20(25)11-15)17-6-3-7-19(24)13-17/h3,6-7,10-11,13-14,16,21-22,26H,2,4-5,8-9,12H2,1H3/t21-,22-/m0/s1. The molecule has 2 fully saturated rings. The third-order valence-corrected chi connectivity index (χ3v) is 6.94. The van der Waals surface area contributed by atoms with Gasteiger partial charge in [-0.25, -0.2) is 21.9 Å². The molecular weight excluding hydrogens is 422 g/mol. The van der Waals surface area contributed by atoms with E-state index in [1.54, 1.807) is 23.1 Å². The van der Waals surface area contributed by atoms with Gasteiger partial charge < -0.3 is 4.90 Å². The van der Waals surface area contributed by atoms with E-state index in [1.807, 2.05) is 0 Å². The van der Waals surface area contributed by atoms with Crippen LogP contribution in [0.4, 0.5) is 8.78 Å². The summed E-state index contributed by atoms with van der Waals surface area (Å²) in [5.41, 5.74) is 1.73. The van der Waals surface area contributed by atoms with E-state index in [2.05, 4.69) is 4.72 Å². The lowest BCUT2D eigenvalue weighted by atomic mass is 9.84. The van der Waals surface area contributed by atoms with Gasteiger partial charge in [-0.2, -0.15) is 0 Å². The summed E-state index contributed by atoms with van der Waals surface area (Å²) in [7, 11) is -3.46.